The Morgan fingerprint density at radius 2 is 1.65 bits per heavy atom. The van der Waals surface area contributed by atoms with Gasteiger partial charge in [0.2, 0.25) is 0 Å². The van der Waals surface area contributed by atoms with Crippen LogP contribution in [0.2, 0.25) is 0 Å². The van der Waals surface area contributed by atoms with Gasteiger partial charge < -0.3 is 15.4 Å². The summed E-state index contributed by atoms with van der Waals surface area (Å²) in [5.41, 5.74) is 3.32. The molecule has 0 aliphatic heterocycles. The number of nitrogens with one attached hydrogen (secondary N) is 2. The molecule has 144 valence electrons. The predicted octanol–water partition coefficient (Wildman–Crippen LogP) is 3.62. The summed E-state index contributed by atoms with van der Waals surface area (Å²) >= 11 is 0. The van der Waals surface area contributed by atoms with Crippen LogP contribution in [0.4, 0.5) is 0 Å². The summed E-state index contributed by atoms with van der Waals surface area (Å²) < 4.78 is 5.53. The molecule has 1 aliphatic rings. The van der Waals surface area contributed by atoms with Gasteiger partial charge in [0.15, 0.2) is 0 Å². The Bertz CT molecular complexity index is 649. The number of halogens is 2. The quantitative estimate of drug-likeness (QED) is 0.777. The molecule has 0 amide bonds. The minimum Gasteiger partial charge on any atom is -0.496 e. The molecule has 7 heteroatoms. The first-order valence-electron chi connectivity index (χ1n) is 8.63. The Morgan fingerprint density at radius 3 is 2.27 bits per heavy atom. The predicted molar refractivity (Wildman–Crippen MR) is 110 cm³/mol. The first kappa shape index (κ1) is 22.6. The molecule has 1 aromatic carbocycles. The van der Waals surface area contributed by atoms with Crippen LogP contribution in [0.25, 0.3) is 11.1 Å². The fourth-order valence-corrected chi connectivity index (χ4v) is 3.38. The van der Waals surface area contributed by atoms with E-state index >= 15 is 0 Å². The maximum Gasteiger partial charge on any atom is 0.123 e. The third kappa shape index (κ3) is 5.81. The van der Waals surface area contributed by atoms with E-state index in [4.69, 9.17) is 4.74 Å². The Balaban J connectivity index is 0.00000169. The first-order chi connectivity index (χ1) is 11.8. The lowest BCUT2D eigenvalue weighted by atomic mass is 9.91. The second kappa shape index (κ2) is 11.3. The first-order valence-corrected chi connectivity index (χ1v) is 8.63. The Labute approximate surface area is 168 Å². The van der Waals surface area contributed by atoms with Gasteiger partial charge in [-0.25, -0.2) is 9.97 Å². The largest absolute Gasteiger partial charge is 0.496 e. The van der Waals surface area contributed by atoms with E-state index < -0.39 is 0 Å². The highest BCUT2D eigenvalue weighted by atomic mass is 35.5. The monoisotopic (exact) mass is 398 g/mol. The van der Waals surface area contributed by atoms with Crippen molar-refractivity contribution in [2.24, 2.45) is 0 Å². The zero-order valence-corrected chi connectivity index (χ0v) is 16.9. The molecule has 0 unspecified atom stereocenters. The molecule has 1 fully saturated rings. The van der Waals surface area contributed by atoms with Crippen molar-refractivity contribution in [1.82, 2.24) is 20.6 Å². The molecule has 2 aromatic rings. The van der Waals surface area contributed by atoms with Crippen molar-refractivity contribution in [2.45, 2.75) is 44.3 Å². The Kier molecular flexibility index (Phi) is 9.88. The average molecular weight is 399 g/mol. The van der Waals surface area contributed by atoms with Gasteiger partial charge in [-0.3, -0.25) is 0 Å². The number of nitrogens with zero attached hydrogens (tertiary/aromatic N) is 2. The fraction of sp³-hybridized carbons (Fsp3) is 0.474. The average Bonchev–Trinajstić information content (AvgIpc) is 2.67. The molecule has 0 radical (unpaired) electrons. The molecule has 26 heavy (non-hydrogen) atoms. The minimum absolute atomic E-state index is 0. The van der Waals surface area contributed by atoms with Crippen molar-refractivity contribution < 1.29 is 4.74 Å². The van der Waals surface area contributed by atoms with Gasteiger partial charge in [0.1, 0.15) is 12.1 Å². The number of hydrogen-bond acceptors (Lipinski definition) is 5. The molecule has 1 saturated carbocycles. The zero-order chi connectivity index (χ0) is 16.8. The van der Waals surface area contributed by atoms with Gasteiger partial charge >= 0.3 is 0 Å². The van der Waals surface area contributed by atoms with Crippen molar-refractivity contribution in [2.75, 3.05) is 14.2 Å². The maximum absolute atomic E-state index is 5.53. The smallest absolute Gasteiger partial charge is 0.123 e. The van der Waals surface area contributed by atoms with Gasteiger partial charge in [-0.15, -0.1) is 24.8 Å². The van der Waals surface area contributed by atoms with Crippen LogP contribution in [0.3, 0.4) is 0 Å². The maximum atomic E-state index is 5.53. The summed E-state index contributed by atoms with van der Waals surface area (Å²) in [4.78, 5) is 8.21. The lowest BCUT2D eigenvalue weighted by Gasteiger charge is -2.29. The third-order valence-corrected chi connectivity index (χ3v) is 4.89. The number of rotatable bonds is 6. The van der Waals surface area contributed by atoms with Gasteiger partial charge in [0.05, 0.1) is 7.11 Å². The highest BCUT2D eigenvalue weighted by molar-refractivity contribution is 5.85. The van der Waals surface area contributed by atoms with Gasteiger partial charge in [0.25, 0.3) is 0 Å². The molecule has 1 aromatic heterocycles. The van der Waals surface area contributed by atoms with Crippen LogP contribution in [-0.2, 0) is 6.54 Å². The van der Waals surface area contributed by atoms with Crippen LogP contribution >= 0.6 is 24.8 Å². The zero-order valence-electron chi connectivity index (χ0n) is 15.3. The molecule has 0 saturated heterocycles. The molecule has 1 heterocycles. The SMILES string of the molecule is CNC1CCC(NCc2cc(-c3cncnc3)ccc2OC)CC1.Cl.Cl. The summed E-state index contributed by atoms with van der Waals surface area (Å²) in [6.07, 6.45) is 10.2. The molecule has 0 bridgehead atoms. The van der Waals surface area contributed by atoms with Crippen molar-refractivity contribution >= 4 is 24.8 Å². The van der Waals surface area contributed by atoms with Crippen LogP contribution in [0, 0.1) is 0 Å². The van der Waals surface area contributed by atoms with Crippen LogP contribution in [0.1, 0.15) is 31.2 Å². The number of benzene rings is 1. The van der Waals surface area contributed by atoms with E-state index in [1.807, 2.05) is 18.5 Å². The van der Waals surface area contributed by atoms with Crippen LogP contribution in [0.15, 0.2) is 36.9 Å². The number of hydrogen-bond donors (Lipinski definition) is 2. The highest BCUT2D eigenvalue weighted by Crippen LogP contribution is 2.26. The summed E-state index contributed by atoms with van der Waals surface area (Å²) in [5.74, 6) is 0.923. The molecular formula is C19H28Cl2N4O. The van der Waals surface area contributed by atoms with Crippen molar-refractivity contribution in [3.8, 4) is 16.9 Å². The molecule has 3 rings (SSSR count). The summed E-state index contributed by atoms with van der Waals surface area (Å²) in [7, 11) is 3.78. The van der Waals surface area contributed by atoms with Crippen LogP contribution < -0.4 is 15.4 Å². The molecule has 2 N–H and O–H groups in total. The van der Waals surface area contributed by atoms with Gasteiger partial charge in [0, 0.05) is 42.1 Å². The Hall–Kier alpha value is -1.40. The van der Waals surface area contributed by atoms with Crippen molar-refractivity contribution in [3.63, 3.8) is 0 Å². The normalized spacial score (nSPS) is 19.2. The molecule has 0 atom stereocenters. The van der Waals surface area contributed by atoms with E-state index in [1.165, 1.54) is 31.2 Å². The fourth-order valence-electron chi connectivity index (χ4n) is 3.38. The van der Waals surface area contributed by atoms with Gasteiger partial charge in [-0.1, -0.05) is 6.07 Å². The number of methoxy groups -OCH3 is 1. The van der Waals surface area contributed by atoms with Gasteiger partial charge in [-0.05, 0) is 50.4 Å². The third-order valence-electron chi connectivity index (χ3n) is 4.89. The molecule has 1 aliphatic carbocycles. The molecule has 5 nitrogen and oxygen atoms in total. The number of aromatic nitrogens is 2. The van der Waals surface area contributed by atoms with Gasteiger partial charge in [-0.2, -0.15) is 0 Å². The minimum atomic E-state index is 0. The summed E-state index contributed by atoms with van der Waals surface area (Å²) in [5, 5.41) is 7.08. The van der Waals surface area contributed by atoms with E-state index in [0.717, 1.165) is 23.4 Å². The van der Waals surface area contributed by atoms with Crippen molar-refractivity contribution in [3.05, 3.63) is 42.5 Å². The van der Waals surface area contributed by atoms with E-state index in [0.29, 0.717) is 12.1 Å². The Morgan fingerprint density at radius 1 is 1.00 bits per heavy atom. The standard InChI is InChI=1S/C19H26N4O.2ClH/c1-20-17-4-6-18(7-5-17)23-12-15-9-14(3-8-19(15)24-2)16-10-21-13-22-11-16;;/h3,8-11,13,17-18,20,23H,4-7,12H2,1-2H3;2*1H. The van der Waals surface area contributed by atoms with E-state index in [9.17, 15) is 0 Å². The van der Waals surface area contributed by atoms with Crippen molar-refractivity contribution in [1.29, 1.82) is 0 Å². The topological polar surface area (TPSA) is 59.1 Å². The van der Waals surface area contributed by atoms with Crippen LogP contribution in [-0.4, -0.2) is 36.2 Å². The van der Waals surface area contributed by atoms with E-state index in [1.54, 1.807) is 13.4 Å². The number of ether oxygens (including phenoxy) is 1. The summed E-state index contributed by atoms with van der Waals surface area (Å²) in [6, 6.07) is 7.52. The second-order valence-corrected chi connectivity index (χ2v) is 6.37. The lowest BCUT2D eigenvalue weighted by molar-refractivity contribution is 0.315. The highest BCUT2D eigenvalue weighted by Gasteiger charge is 2.19. The molecular weight excluding hydrogens is 371 g/mol. The summed E-state index contributed by atoms with van der Waals surface area (Å²) in [6.45, 7) is 0.819. The van der Waals surface area contributed by atoms with E-state index in [2.05, 4.69) is 39.8 Å². The van der Waals surface area contributed by atoms with Crippen LogP contribution in [0.5, 0.6) is 5.75 Å². The second-order valence-electron chi connectivity index (χ2n) is 6.37. The lowest BCUT2D eigenvalue weighted by Crippen LogP contribution is -2.38. The molecule has 0 spiro atoms. The van der Waals surface area contributed by atoms with E-state index in [-0.39, 0.29) is 24.8 Å².